The van der Waals surface area contributed by atoms with Gasteiger partial charge in [0.15, 0.2) is 0 Å². The number of esters is 1. The van der Waals surface area contributed by atoms with E-state index in [0.29, 0.717) is 45.4 Å². The Labute approximate surface area is 174 Å². The van der Waals surface area contributed by atoms with Gasteiger partial charge >= 0.3 is 5.97 Å². The predicted molar refractivity (Wildman–Crippen MR) is 111 cm³/mol. The van der Waals surface area contributed by atoms with Crippen molar-refractivity contribution in [1.29, 1.82) is 0 Å². The average Bonchev–Trinajstić information content (AvgIpc) is 2.75. The third-order valence-electron chi connectivity index (χ3n) is 2.75. The first kappa shape index (κ1) is 29.4. The second-order valence-electron chi connectivity index (χ2n) is 5.00. The van der Waals surface area contributed by atoms with E-state index in [1.54, 1.807) is 24.3 Å². The van der Waals surface area contributed by atoms with Crippen LogP contribution in [0.15, 0.2) is 43.0 Å². The molecule has 0 bridgehead atoms. The molecule has 1 rings (SSSR count). The number of carbonyl (C=O) groups is 1. The molecule has 8 heteroatoms. The smallest absolute Gasteiger partial charge is 0.335 e. The van der Waals surface area contributed by atoms with Gasteiger partial charge in [-0.15, -0.1) is 0 Å². The van der Waals surface area contributed by atoms with Gasteiger partial charge in [0.2, 0.25) is 0 Å². The highest BCUT2D eigenvalue weighted by atomic mass is 16.5. The minimum Gasteiger partial charge on any atom is -0.423 e. The summed E-state index contributed by atoms with van der Waals surface area (Å²) in [4.78, 5) is 10.6. The predicted octanol–water partition coefficient (Wildman–Crippen LogP) is 1.84. The van der Waals surface area contributed by atoms with Crippen molar-refractivity contribution in [3.8, 4) is 5.75 Å². The molecule has 0 radical (unpaired) electrons. The molecule has 1 aromatic carbocycles. The van der Waals surface area contributed by atoms with Gasteiger partial charge in [-0.3, -0.25) is 0 Å². The molecule has 0 spiro atoms. The molecule has 0 aliphatic rings. The number of benzene rings is 1. The van der Waals surface area contributed by atoms with Gasteiger partial charge in [-0.1, -0.05) is 24.8 Å². The molecule has 29 heavy (non-hydrogen) atoms. The van der Waals surface area contributed by atoms with Gasteiger partial charge in [-0.05, 0) is 26.0 Å². The minimum atomic E-state index is -0.434. The topological polar surface area (TPSA) is 104 Å². The number of rotatable bonds is 14. The largest absolute Gasteiger partial charge is 0.423 e. The maximum atomic E-state index is 10.6. The van der Waals surface area contributed by atoms with E-state index in [1.807, 2.05) is 19.9 Å². The Morgan fingerprint density at radius 2 is 1.28 bits per heavy atom. The molecule has 0 atom stereocenters. The highest BCUT2D eigenvalue weighted by Crippen LogP contribution is 2.07. The molecule has 168 valence electrons. The minimum absolute atomic E-state index is 0.0413. The quantitative estimate of drug-likeness (QED) is 0.205. The molecule has 0 fully saturated rings. The molecular weight excluding hydrogens is 380 g/mol. The molecule has 0 amide bonds. The fraction of sp³-hybridized carbons (Fsp3) is 0.571. The van der Waals surface area contributed by atoms with Crippen LogP contribution in [0.25, 0.3) is 0 Å². The van der Waals surface area contributed by atoms with Crippen LogP contribution in [-0.2, 0) is 23.7 Å². The number of hydrogen-bond donors (Lipinski definition) is 2. The van der Waals surface area contributed by atoms with Crippen LogP contribution in [0, 0.1) is 0 Å². The van der Waals surface area contributed by atoms with Crippen molar-refractivity contribution >= 4 is 5.97 Å². The van der Waals surface area contributed by atoms with E-state index in [-0.39, 0.29) is 13.2 Å². The van der Waals surface area contributed by atoms with Gasteiger partial charge in [-0.25, -0.2) is 4.79 Å². The van der Waals surface area contributed by atoms with Gasteiger partial charge < -0.3 is 33.9 Å². The third kappa shape index (κ3) is 26.2. The Morgan fingerprint density at radius 1 is 0.828 bits per heavy atom. The first-order valence-electron chi connectivity index (χ1n) is 9.58. The van der Waals surface area contributed by atoms with Gasteiger partial charge in [0.05, 0.1) is 52.9 Å². The Kier molecular flexibility index (Phi) is 26.5. The highest BCUT2D eigenvalue weighted by Gasteiger charge is 1.95. The molecule has 0 saturated heterocycles. The van der Waals surface area contributed by atoms with E-state index in [4.69, 9.17) is 33.9 Å². The van der Waals surface area contributed by atoms with Gasteiger partial charge in [0.25, 0.3) is 0 Å². The van der Waals surface area contributed by atoms with Crippen molar-refractivity contribution in [2.45, 2.75) is 13.8 Å². The first-order chi connectivity index (χ1) is 14.2. The Morgan fingerprint density at radius 3 is 1.62 bits per heavy atom. The summed E-state index contributed by atoms with van der Waals surface area (Å²) in [6, 6.07) is 8.87. The van der Waals surface area contributed by atoms with E-state index in [0.717, 1.165) is 19.3 Å². The highest BCUT2D eigenvalue weighted by molar-refractivity contribution is 5.83. The Balaban J connectivity index is 0. The number of aliphatic hydroxyl groups is 2. The van der Waals surface area contributed by atoms with Crippen molar-refractivity contribution in [1.82, 2.24) is 0 Å². The fourth-order valence-corrected chi connectivity index (χ4v) is 1.52. The number of hydrogen-bond acceptors (Lipinski definition) is 8. The molecule has 0 heterocycles. The van der Waals surface area contributed by atoms with Crippen LogP contribution in [0.3, 0.4) is 0 Å². The Hall–Kier alpha value is -1.81. The molecule has 0 saturated carbocycles. The van der Waals surface area contributed by atoms with Crippen LogP contribution < -0.4 is 4.74 Å². The fourth-order valence-electron chi connectivity index (χ4n) is 1.52. The summed E-state index contributed by atoms with van der Waals surface area (Å²) in [5, 5.41) is 16.7. The summed E-state index contributed by atoms with van der Waals surface area (Å²) in [6.07, 6.45) is 1.13. The number of ether oxygens (including phenoxy) is 5. The van der Waals surface area contributed by atoms with Crippen LogP contribution in [0.4, 0.5) is 0 Å². The molecule has 8 nitrogen and oxygen atoms in total. The van der Waals surface area contributed by atoms with Gasteiger partial charge in [0, 0.05) is 19.3 Å². The van der Waals surface area contributed by atoms with Crippen LogP contribution in [0.5, 0.6) is 5.75 Å². The summed E-state index contributed by atoms with van der Waals surface area (Å²) >= 11 is 0. The summed E-state index contributed by atoms with van der Waals surface area (Å²) in [7, 11) is 0. The summed E-state index contributed by atoms with van der Waals surface area (Å²) in [5.41, 5.74) is 0. The van der Waals surface area contributed by atoms with E-state index in [9.17, 15) is 4.79 Å². The first-order valence-corrected chi connectivity index (χ1v) is 9.58. The zero-order valence-corrected chi connectivity index (χ0v) is 17.6. The molecule has 0 aromatic heterocycles. The summed E-state index contributed by atoms with van der Waals surface area (Å²) in [5.74, 6) is 0.105. The van der Waals surface area contributed by atoms with Crippen molar-refractivity contribution in [3.63, 3.8) is 0 Å². The lowest BCUT2D eigenvalue weighted by Crippen LogP contribution is -2.11. The third-order valence-corrected chi connectivity index (χ3v) is 2.75. The maximum absolute atomic E-state index is 10.6. The van der Waals surface area contributed by atoms with Gasteiger partial charge in [0.1, 0.15) is 5.75 Å². The van der Waals surface area contributed by atoms with Crippen LogP contribution >= 0.6 is 0 Å². The lowest BCUT2D eigenvalue weighted by atomic mass is 10.3. The molecule has 1 aromatic rings. The lowest BCUT2D eigenvalue weighted by Gasteiger charge is -2.04. The lowest BCUT2D eigenvalue weighted by molar-refractivity contribution is -0.128. The molecule has 0 aliphatic heterocycles. The average molecular weight is 417 g/mol. The van der Waals surface area contributed by atoms with Crippen molar-refractivity contribution in [2.75, 3.05) is 66.1 Å². The zero-order chi connectivity index (χ0) is 22.0. The summed E-state index contributed by atoms with van der Waals surface area (Å²) < 4.78 is 24.7. The van der Waals surface area contributed by atoms with Crippen LogP contribution in [0.1, 0.15) is 13.8 Å². The SMILES string of the molecule is C=CC(=O)Oc1ccccc1.CCOCC.OCCOCCOCCOCCO. The molecule has 0 unspecified atom stereocenters. The zero-order valence-electron chi connectivity index (χ0n) is 17.6. The Bertz CT molecular complexity index is 441. The second-order valence-corrected chi connectivity index (χ2v) is 5.00. The van der Waals surface area contributed by atoms with E-state index >= 15 is 0 Å². The van der Waals surface area contributed by atoms with Crippen LogP contribution in [-0.4, -0.2) is 82.3 Å². The summed E-state index contributed by atoms with van der Waals surface area (Å²) in [6.45, 7) is 11.7. The van der Waals surface area contributed by atoms with Crippen molar-refractivity contribution < 1.29 is 38.7 Å². The van der Waals surface area contributed by atoms with E-state index in [2.05, 4.69) is 6.58 Å². The van der Waals surface area contributed by atoms with E-state index in [1.165, 1.54) is 0 Å². The maximum Gasteiger partial charge on any atom is 0.335 e. The normalized spacial score (nSPS) is 9.52. The van der Waals surface area contributed by atoms with Crippen LogP contribution in [0.2, 0.25) is 0 Å². The van der Waals surface area contributed by atoms with Gasteiger partial charge in [-0.2, -0.15) is 0 Å². The standard InChI is InChI=1S/C9H8O2.C8H18O5.C4H10O/c1-2-9(10)11-8-6-4-3-5-7-8;9-1-3-11-5-7-13-8-6-12-4-2-10;1-3-5-4-2/h2-7H,1H2;9-10H,1-8H2;3-4H2,1-2H3. The second kappa shape index (κ2) is 26.2. The number of para-hydroxylation sites is 1. The monoisotopic (exact) mass is 416 g/mol. The molecule has 0 aliphatic carbocycles. The van der Waals surface area contributed by atoms with E-state index < -0.39 is 5.97 Å². The molecule has 2 N–H and O–H groups in total. The number of aliphatic hydroxyl groups excluding tert-OH is 2. The van der Waals surface area contributed by atoms with Crippen molar-refractivity contribution in [3.05, 3.63) is 43.0 Å². The molecular formula is C21H36O8. The number of carbonyl (C=O) groups excluding carboxylic acids is 1. The van der Waals surface area contributed by atoms with Crippen molar-refractivity contribution in [2.24, 2.45) is 0 Å².